The molecule has 1 aliphatic rings. The van der Waals surface area contributed by atoms with Gasteiger partial charge in [-0.15, -0.1) is 0 Å². The summed E-state index contributed by atoms with van der Waals surface area (Å²) in [5.41, 5.74) is 5.64. The van der Waals surface area contributed by atoms with Gasteiger partial charge in [-0.1, -0.05) is 28.1 Å². The quantitative estimate of drug-likeness (QED) is 0.827. The molecule has 0 saturated heterocycles. The molecule has 3 N–H and O–H groups in total. The van der Waals surface area contributed by atoms with Crippen LogP contribution in [0.15, 0.2) is 34.8 Å². The molecule has 1 aromatic heterocycles. The number of carbonyl (C=O) groups is 1. The molecule has 1 amide bonds. The maximum absolute atomic E-state index is 13.4. The van der Waals surface area contributed by atoms with E-state index in [2.05, 4.69) is 26.3 Å². The van der Waals surface area contributed by atoms with E-state index in [1.165, 1.54) is 6.07 Å². The van der Waals surface area contributed by atoms with Crippen LogP contribution in [0.2, 0.25) is 0 Å². The molecular formula is C14H12BrF3N4O. The van der Waals surface area contributed by atoms with Gasteiger partial charge < -0.3 is 11.1 Å². The number of primary amides is 1. The number of rotatable bonds is 2. The van der Waals surface area contributed by atoms with E-state index >= 15 is 0 Å². The Balaban J connectivity index is 2.01. The summed E-state index contributed by atoms with van der Waals surface area (Å²) in [6.07, 6.45) is -4.70. The first-order valence-corrected chi connectivity index (χ1v) is 7.53. The first-order chi connectivity index (χ1) is 10.8. The Morgan fingerprint density at radius 3 is 2.57 bits per heavy atom. The Bertz CT molecular complexity index is 741. The van der Waals surface area contributed by atoms with Crippen molar-refractivity contribution in [1.29, 1.82) is 0 Å². The maximum atomic E-state index is 13.4. The molecule has 122 valence electrons. The van der Waals surface area contributed by atoms with Gasteiger partial charge in [0, 0.05) is 17.0 Å². The van der Waals surface area contributed by atoms with Crippen LogP contribution in [0.25, 0.3) is 0 Å². The van der Waals surface area contributed by atoms with Crippen molar-refractivity contribution in [1.82, 2.24) is 9.78 Å². The summed E-state index contributed by atoms with van der Waals surface area (Å²) in [6, 6.07) is 5.90. The number of hydrogen-bond acceptors (Lipinski definition) is 3. The average Bonchev–Trinajstić information content (AvgIpc) is 2.90. The van der Waals surface area contributed by atoms with E-state index in [1.54, 1.807) is 24.3 Å². The number of benzene rings is 1. The largest absolute Gasteiger partial charge is 0.410 e. The smallest absolute Gasteiger partial charge is 0.364 e. The summed E-state index contributed by atoms with van der Waals surface area (Å²) in [5, 5.41) is 6.68. The molecule has 1 aliphatic heterocycles. The standard InChI is InChI=1S/C14H12BrF3N4O/c15-8-3-1-7(2-4-8)9-5-11(14(16,17)18)22-12(20-9)6-10(21-22)13(19)23/h1-4,6,9,11,20H,5H2,(H2,19,23). The molecule has 2 aromatic rings. The van der Waals surface area contributed by atoms with Gasteiger partial charge in [0.2, 0.25) is 0 Å². The zero-order valence-corrected chi connectivity index (χ0v) is 13.2. The number of aromatic nitrogens is 2. The van der Waals surface area contributed by atoms with Crippen molar-refractivity contribution in [3.63, 3.8) is 0 Å². The Hall–Kier alpha value is -2.03. The summed E-state index contributed by atoms with van der Waals surface area (Å²) in [5.74, 6) is -0.741. The molecule has 0 aliphatic carbocycles. The Kier molecular flexibility index (Phi) is 3.83. The van der Waals surface area contributed by atoms with Crippen molar-refractivity contribution in [2.24, 2.45) is 5.73 Å². The van der Waals surface area contributed by atoms with Gasteiger partial charge in [0.1, 0.15) is 5.82 Å². The van der Waals surface area contributed by atoms with E-state index < -0.39 is 24.2 Å². The second kappa shape index (κ2) is 5.55. The summed E-state index contributed by atoms with van der Waals surface area (Å²) in [6.45, 7) is 0. The van der Waals surface area contributed by atoms with Crippen LogP contribution >= 0.6 is 15.9 Å². The lowest BCUT2D eigenvalue weighted by atomic mass is 9.97. The summed E-state index contributed by atoms with van der Waals surface area (Å²) in [4.78, 5) is 11.2. The second-order valence-corrected chi connectivity index (χ2v) is 6.18. The average molecular weight is 389 g/mol. The maximum Gasteiger partial charge on any atom is 0.410 e. The normalized spacial score (nSPS) is 20.7. The van der Waals surface area contributed by atoms with Crippen LogP contribution < -0.4 is 11.1 Å². The Labute approximate surface area is 137 Å². The van der Waals surface area contributed by atoms with Crippen LogP contribution in [0, 0.1) is 0 Å². The number of halogens is 4. The number of anilines is 1. The predicted octanol–water partition coefficient (Wildman–Crippen LogP) is 3.40. The van der Waals surface area contributed by atoms with Crippen LogP contribution in [0.3, 0.4) is 0 Å². The molecule has 1 aromatic carbocycles. The van der Waals surface area contributed by atoms with Gasteiger partial charge in [-0.25, -0.2) is 4.68 Å². The van der Waals surface area contributed by atoms with Gasteiger partial charge in [-0.2, -0.15) is 18.3 Å². The summed E-state index contributed by atoms with van der Waals surface area (Å²) < 4.78 is 41.7. The van der Waals surface area contributed by atoms with Gasteiger partial charge >= 0.3 is 6.18 Å². The van der Waals surface area contributed by atoms with E-state index in [9.17, 15) is 18.0 Å². The number of nitrogens with zero attached hydrogens (tertiary/aromatic N) is 2. The number of amides is 1. The molecule has 23 heavy (non-hydrogen) atoms. The number of fused-ring (bicyclic) bond motifs is 1. The number of carbonyl (C=O) groups excluding carboxylic acids is 1. The minimum absolute atomic E-state index is 0.125. The van der Waals surface area contributed by atoms with Crippen molar-refractivity contribution in [3.8, 4) is 0 Å². The number of hydrogen-bond donors (Lipinski definition) is 2. The summed E-state index contributed by atoms with van der Waals surface area (Å²) in [7, 11) is 0. The fourth-order valence-electron chi connectivity index (χ4n) is 2.61. The van der Waals surface area contributed by atoms with Crippen molar-refractivity contribution in [3.05, 3.63) is 46.1 Å². The van der Waals surface area contributed by atoms with E-state index in [1.807, 2.05) is 0 Å². The molecule has 5 nitrogen and oxygen atoms in total. The summed E-state index contributed by atoms with van der Waals surface area (Å²) >= 11 is 3.29. The first-order valence-electron chi connectivity index (χ1n) is 6.74. The SMILES string of the molecule is NC(=O)c1cc2n(n1)C(C(F)(F)F)CC(c1ccc(Br)cc1)N2. The monoisotopic (exact) mass is 388 g/mol. The van der Waals surface area contributed by atoms with Gasteiger partial charge in [0.15, 0.2) is 11.7 Å². The van der Waals surface area contributed by atoms with Crippen molar-refractivity contribution in [2.45, 2.75) is 24.7 Å². The lowest BCUT2D eigenvalue weighted by Crippen LogP contribution is -2.35. The minimum atomic E-state index is -4.48. The molecule has 9 heteroatoms. The fraction of sp³-hybridized carbons (Fsp3) is 0.286. The Morgan fingerprint density at radius 1 is 1.35 bits per heavy atom. The van der Waals surface area contributed by atoms with Crippen LogP contribution in [0.4, 0.5) is 19.0 Å². The highest BCUT2D eigenvalue weighted by Gasteiger charge is 2.46. The van der Waals surface area contributed by atoms with E-state index in [0.29, 0.717) is 0 Å². The third-order valence-corrected chi connectivity index (χ3v) is 4.24. The van der Waals surface area contributed by atoms with Crippen LogP contribution in [-0.2, 0) is 0 Å². The molecule has 0 bridgehead atoms. The molecular weight excluding hydrogens is 377 g/mol. The fourth-order valence-corrected chi connectivity index (χ4v) is 2.87. The van der Waals surface area contributed by atoms with Gasteiger partial charge in [-0.3, -0.25) is 4.79 Å². The van der Waals surface area contributed by atoms with Crippen LogP contribution in [0.5, 0.6) is 0 Å². The molecule has 2 atom stereocenters. The number of nitrogens with one attached hydrogen (secondary N) is 1. The minimum Gasteiger partial charge on any atom is -0.364 e. The molecule has 2 heterocycles. The third kappa shape index (κ3) is 3.05. The highest BCUT2D eigenvalue weighted by Crippen LogP contribution is 2.43. The highest BCUT2D eigenvalue weighted by atomic mass is 79.9. The number of alkyl halides is 3. The van der Waals surface area contributed by atoms with Crippen molar-refractivity contribution >= 4 is 27.7 Å². The topological polar surface area (TPSA) is 72.9 Å². The zero-order chi connectivity index (χ0) is 16.8. The van der Waals surface area contributed by atoms with E-state index in [-0.39, 0.29) is 17.9 Å². The van der Waals surface area contributed by atoms with Gasteiger partial charge in [0.05, 0.1) is 6.04 Å². The predicted molar refractivity (Wildman–Crippen MR) is 81.0 cm³/mol. The van der Waals surface area contributed by atoms with Gasteiger partial charge in [-0.05, 0) is 17.7 Å². The third-order valence-electron chi connectivity index (χ3n) is 3.71. The van der Waals surface area contributed by atoms with Crippen LogP contribution in [-0.4, -0.2) is 21.9 Å². The van der Waals surface area contributed by atoms with Gasteiger partial charge in [0.25, 0.3) is 5.91 Å². The number of nitrogens with two attached hydrogens (primary N) is 1. The zero-order valence-electron chi connectivity index (χ0n) is 11.6. The van der Waals surface area contributed by atoms with E-state index in [0.717, 1.165) is 14.7 Å². The molecule has 0 fully saturated rings. The van der Waals surface area contributed by atoms with Crippen molar-refractivity contribution in [2.75, 3.05) is 5.32 Å². The van der Waals surface area contributed by atoms with Crippen LogP contribution in [0.1, 0.15) is 34.6 Å². The lowest BCUT2D eigenvalue weighted by Gasteiger charge is -2.33. The Morgan fingerprint density at radius 2 is 2.00 bits per heavy atom. The highest BCUT2D eigenvalue weighted by molar-refractivity contribution is 9.10. The van der Waals surface area contributed by atoms with Crippen molar-refractivity contribution < 1.29 is 18.0 Å². The molecule has 0 saturated carbocycles. The molecule has 0 spiro atoms. The molecule has 3 rings (SSSR count). The van der Waals surface area contributed by atoms with E-state index in [4.69, 9.17) is 5.73 Å². The molecule has 2 unspecified atom stereocenters. The molecule has 0 radical (unpaired) electrons. The second-order valence-electron chi connectivity index (χ2n) is 5.27. The first kappa shape index (κ1) is 15.9. The lowest BCUT2D eigenvalue weighted by molar-refractivity contribution is -0.173.